The largest absolute Gasteiger partial charge is 0.362 e. The Morgan fingerprint density at radius 1 is 0.917 bits per heavy atom. The third-order valence-corrected chi connectivity index (χ3v) is 4.13. The molecule has 1 aliphatic heterocycles. The fourth-order valence-electron chi connectivity index (χ4n) is 3.04. The van der Waals surface area contributed by atoms with E-state index in [4.69, 9.17) is 0 Å². The van der Waals surface area contributed by atoms with Gasteiger partial charge in [-0.25, -0.2) is 0 Å². The molecule has 0 amide bonds. The average molecular weight is 317 g/mol. The first-order chi connectivity index (χ1) is 11.7. The Labute approximate surface area is 138 Å². The van der Waals surface area contributed by atoms with E-state index in [1.165, 1.54) is 11.5 Å². The van der Waals surface area contributed by atoms with Gasteiger partial charge in [-0.3, -0.25) is 10.1 Å². The predicted octanol–water partition coefficient (Wildman–Crippen LogP) is 4.62. The number of anilines is 2. The van der Waals surface area contributed by atoms with Crippen molar-refractivity contribution in [2.24, 2.45) is 0 Å². The maximum atomic E-state index is 11.1. The summed E-state index contributed by atoms with van der Waals surface area (Å²) < 4.78 is 0. The van der Waals surface area contributed by atoms with Crippen molar-refractivity contribution < 1.29 is 4.92 Å². The quantitative estimate of drug-likeness (QED) is 0.546. The summed E-state index contributed by atoms with van der Waals surface area (Å²) in [5.74, 6) is 0. The van der Waals surface area contributed by atoms with Crippen LogP contribution in [-0.2, 0) is 0 Å². The van der Waals surface area contributed by atoms with Crippen molar-refractivity contribution in [1.29, 1.82) is 0 Å². The van der Waals surface area contributed by atoms with Crippen molar-refractivity contribution in [2.75, 3.05) is 10.6 Å². The van der Waals surface area contributed by atoms with E-state index in [2.05, 4.69) is 22.8 Å². The van der Waals surface area contributed by atoms with E-state index in [9.17, 15) is 10.1 Å². The van der Waals surface area contributed by atoms with Gasteiger partial charge in [-0.05, 0) is 35.7 Å². The minimum Gasteiger partial charge on any atom is -0.362 e. The van der Waals surface area contributed by atoms with Gasteiger partial charge < -0.3 is 10.6 Å². The Hall–Kier alpha value is -3.34. The number of nitrogens with one attached hydrogen (secondary N) is 2. The van der Waals surface area contributed by atoms with Crippen LogP contribution in [0.1, 0.15) is 5.56 Å². The molecule has 3 aromatic carbocycles. The van der Waals surface area contributed by atoms with Gasteiger partial charge in [0.25, 0.3) is 5.69 Å². The Kier molecular flexibility index (Phi) is 3.39. The van der Waals surface area contributed by atoms with Crippen molar-refractivity contribution in [2.45, 2.75) is 6.17 Å². The SMILES string of the molecule is O=[N+]([O-])c1ccccc1C=CC1Nc2cccc3cccc(c23)N1. The maximum Gasteiger partial charge on any atom is 0.276 e. The van der Waals surface area contributed by atoms with Crippen molar-refractivity contribution in [3.8, 4) is 0 Å². The molecule has 0 aromatic heterocycles. The van der Waals surface area contributed by atoms with Crippen LogP contribution in [0.3, 0.4) is 0 Å². The van der Waals surface area contributed by atoms with E-state index in [-0.39, 0.29) is 16.8 Å². The molecular weight excluding hydrogens is 302 g/mol. The molecule has 3 aromatic rings. The lowest BCUT2D eigenvalue weighted by atomic mass is 10.0. The average Bonchev–Trinajstić information content (AvgIpc) is 2.60. The molecule has 0 atom stereocenters. The zero-order chi connectivity index (χ0) is 16.5. The number of hydrogen-bond acceptors (Lipinski definition) is 4. The summed E-state index contributed by atoms with van der Waals surface area (Å²) in [7, 11) is 0. The zero-order valence-electron chi connectivity index (χ0n) is 12.8. The van der Waals surface area contributed by atoms with Gasteiger partial charge >= 0.3 is 0 Å². The van der Waals surface area contributed by atoms with E-state index in [1.54, 1.807) is 24.3 Å². The third-order valence-electron chi connectivity index (χ3n) is 4.13. The lowest BCUT2D eigenvalue weighted by Crippen LogP contribution is -2.29. The molecule has 24 heavy (non-hydrogen) atoms. The van der Waals surface area contributed by atoms with Gasteiger partial charge in [0.05, 0.1) is 10.5 Å². The minimum atomic E-state index is -0.364. The van der Waals surface area contributed by atoms with Crippen LogP contribution in [0.25, 0.3) is 16.8 Å². The Morgan fingerprint density at radius 3 is 2.25 bits per heavy atom. The topological polar surface area (TPSA) is 67.2 Å². The van der Waals surface area contributed by atoms with Gasteiger partial charge in [0.2, 0.25) is 0 Å². The normalized spacial score (nSPS) is 13.7. The van der Waals surface area contributed by atoms with Gasteiger partial charge in [-0.1, -0.05) is 36.4 Å². The number of nitro groups is 1. The highest BCUT2D eigenvalue weighted by atomic mass is 16.6. The van der Waals surface area contributed by atoms with Crippen molar-refractivity contribution in [3.05, 3.63) is 82.4 Å². The van der Waals surface area contributed by atoms with E-state index in [1.807, 2.05) is 30.3 Å². The van der Waals surface area contributed by atoms with Crippen molar-refractivity contribution >= 4 is 33.9 Å². The van der Waals surface area contributed by atoms with E-state index in [0.29, 0.717) is 5.56 Å². The summed E-state index contributed by atoms with van der Waals surface area (Å²) >= 11 is 0. The summed E-state index contributed by atoms with van der Waals surface area (Å²) in [5.41, 5.74) is 2.80. The molecule has 4 rings (SSSR count). The van der Waals surface area contributed by atoms with Crippen LogP contribution in [0.5, 0.6) is 0 Å². The zero-order valence-corrected chi connectivity index (χ0v) is 12.8. The molecule has 1 heterocycles. The smallest absolute Gasteiger partial charge is 0.276 e. The van der Waals surface area contributed by atoms with Gasteiger partial charge in [0.1, 0.15) is 6.17 Å². The first-order valence-corrected chi connectivity index (χ1v) is 7.69. The van der Waals surface area contributed by atoms with Crippen LogP contribution >= 0.6 is 0 Å². The highest BCUT2D eigenvalue weighted by Gasteiger charge is 2.17. The van der Waals surface area contributed by atoms with Crippen molar-refractivity contribution in [1.82, 2.24) is 0 Å². The summed E-state index contributed by atoms with van der Waals surface area (Å²) in [6.45, 7) is 0. The monoisotopic (exact) mass is 317 g/mol. The predicted molar refractivity (Wildman–Crippen MR) is 97.1 cm³/mol. The Morgan fingerprint density at radius 2 is 1.58 bits per heavy atom. The van der Waals surface area contributed by atoms with E-state index >= 15 is 0 Å². The molecule has 0 unspecified atom stereocenters. The fraction of sp³-hybridized carbons (Fsp3) is 0.0526. The van der Waals surface area contributed by atoms with Crippen LogP contribution < -0.4 is 10.6 Å². The highest BCUT2D eigenvalue weighted by molar-refractivity contribution is 6.04. The molecule has 0 fully saturated rings. The number of nitro benzene ring substituents is 1. The maximum absolute atomic E-state index is 11.1. The summed E-state index contributed by atoms with van der Waals surface area (Å²) in [6, 6.07) is 19.0. The molecule has 5 heteroatoms. The lowest BCUT2D eigenvalue weighted by molar-refractivity contribution is -0.385. The first-order valence-electron chi connectivity index (χ1n) is 7.69. The second kappa shape index (κ2) is 5.70. The van der Waals surface area contributed by atoms with Crippen molar-refractivity contribution in [3.63, 3.8) is 0 Å². The second-order valence-electron chi connectivity index (χ2n) is 5.65. The fourth-order valence-corrected chi connectivity index (χ4v) is 3.04. The van der Waals surface area contributed by atoms with Gasteiger partial charge in [0.15, 0.2) is 0 Å². The first kappa shape index (κ1) is 14.3. The summed E-state index contributed by atoms with van der Waals surface area (Å²) in [6.07, 6.45) is 3.54. The van der Waals surface area contributed by atoms with Gasteiger partial charge in [-0.2, -0.15) is 0 Å². The number of nitrogens with zero attached hydrogens (tertiary/aromatic N) is 1. The standard InChI is InChI=1S/C19H15N3O2/c23-22(24)17-10-2-1-5-13(17)11-12-18-20-15-8-3-6-14-7-4-9-16(21-18)19(14)15/h1-12,18,20-21H. The molecule has 0 bridgehead atoms. The summed E-state index contributed by atoms with van der Waals surface area (Å²) in [4.78, 5) is 10.7. The van der Waals surface area contributed by atoms with Crippen LogP contribution in [0.2, 0.25) is 0 Å². The molecule has 0 spiro atoms. The van der Waals surface area contributed by atoms with Gasteiger partial charge in [0, 0.05) is 22.8 Å². The highest BCUT2D eigenvalue weighted by Crippen LogP contribution is 2.34. The number of hydrogen-bond donors (Lipinski definition) is 2. The lowest BCUT2D eigenvalue weighted by Gasteiger charge is -2.27. The van der Waals surface area contributed by atoms with Crippen LogP contribution in [-0.4, -0.2) is 11.1 Å². The molecule has 118 valence electrons. The summed E-state index contributed by atoms with van der Waals surface area (Å²) in [5, 5.41) is 20.3. The molecule has 0 aliphatic carbocycles. The molecular formula is C19H15N3O2. The van der Waals surface area contributed by atoms with Gasteiger partial charge in [-0.15, -0.1) is 0 Å². The molecule has 0 saturated carbocycles. The molecule has 0 radical (unpaired) electrons. The number of benzene rings is 3. The molecule has 0 saturated heterocycles. The number of para-hydroxylation sites is 1. The van der Waals surface area contributed by atoms with Crippen LogP contribution in [0.15, 0.2) is 66.7 Å². The molecule has 5 nitrogen and oxygen atoms in total. The Balaban J connectivity index is 1.65. The van der Waals surface area contributed by atoms with E-state index < -0.39 is 0 Å². The second-order valence-corrected chi connectivity index (χ2v) is 5.65. The van der Waals surface area contributed by atoms with Crippen LogP contribution in [0, 0.1) is 10.1 Å². The van der Waals surface area contributed by atoms with Crippen LogP contribution in [0.4, 0.5) is 17.1 Å². The van der Waals surface area contributed by atoms with E-state index in [0.717, 1.165) is 16.8 Å². The molecule has 2 N–H and O–H groups in total. The Bertz CT molecular complexity index is 925. The minimum absolute atomic E-state index is 0.104. The number of rotatable bonds is 3. The third kappa shape index (κ3) is 2.46. The molecule has 1 aliphatic rings.